The van der Waals surface area contributed by atoms with Gasteiger partial charge < -0.3 is 18.9 Å². The largest absolute Gasteiger partial charge is 0.493 e. The predicted molar refractivity (Wildman–Crippen MR) is 147 cm³/mol. The average molecular weight is 537 g/mol. The summed E-state index contributed by atoms with van der Waals surface area (Å²) < 4.78 is 24.3. The summed E-state index contributed by atoms with van der Waals surface area (Å²) in [7, 11) is 1.58. The Morgan fingerprint density at radius 2 is 1.84 bits per heavy atom. The first-order chi connectivity index (χ1) is 18.3. The van der Waals surface area contributed by atoms with E-state index in [1.165, 1.54) is 11.3 Å². The molecule has 3 aromatic rings. The van der Waals surface area contributed by atoms with Gasteiger partial charge in [-0.3, -0.25) is 9.36 Å². The Hall–Kier alpha value is -3.85. The Morgan fingerprint density at radius 3 is 2.47 bits per heavy atom. The molecule has 1 aromatic heterocycles. The van der Waals surface area contributed by atoms with Crippen LogP contribution in [0.2, 0.25) is 0 Å². The molecule has 1 aliphatic heterocycles. The molecule has 0 bridgehead atoms. The highest BCUT2D eigenvalue weighted by atomic mass is 32.1. The van der Waals surface area contributed by atoms with Crippen molar-refractivity contribution >= 4 is 23.4 Å². The first-order valence-electron chi connectivity index (χ1n) is 12.5. The van der Waals surface area contributed by atoms with Crippen LogP contribution in [0.3, 0.4) is 0 Å². The summed E-state index contributed by atoms with van der Waals surface area (Å²) in [5, 5.41) is 0. The molecule has 0 spiro atoms. The number of methoxy groups -OCH3 is 1. The van der Waals surface area contributed by atoms with Gasteiger partial charge in [0, 0.05) is 0 Å². The van der Waals surface area contributed by atoms with Crippen molar-refractivity contribution in [2.45, 2.75) is 46.8 Å². The van der Waals surface area contributed by atoms with Crippen molar-refractivity contribution in [2.75, 3.05) is 20.3 Å². The van der Waals surface area contributed by atoms with Gasteiger partial charge in [0.1, 0.15) is 5.75 Å². The van der Waals surface area contributed by atoms with E-state index in [4.69, 9.17) is 18.9 Å². The highest BCUT2D eigenvalue weighted by Gasteiger charge is 2.33. The molecule has 4 rings (SSSR count). The summed E-state index contributed by atoms with van der Waals surface area (Å²) in [4.78, 5) is 32.0. The number of aromatic nitrogens is 1. The summed E-state index contributed by atoms with van der Waals surface area (Å²) in [6.07, 6.45) is 1.82. The number of hydrogen-bond donors (Lipinski definition) is 0. The predicted octanol–water partition coefficient (Wildman–Crippen LogP) is 3.99. The lowest BCUT2D eigenvalue weighted by Gasteiger charge is -2.25. The lowest BCUT2D eigenvalue weighted by atomic mass is 9.96. The molecule has 2 heterocycles. The van der Waals surface area contributed by atoms with E-state index in [1.807, 2.05) is 57.2 Å². The lowest BCUT2D eigenvalue weighted by Crippen LogP contribution is -2.39. The highest BCUT2D eigenvalue weighted by Crippen LogP contribution is 2.32. The monoisotopic (exact) mass is 536 g/mol. The van der Waals surface area contributed by atoms with Gasteiger partial charge in [0.05, 0.1) is 48.3 Å². The van der Waals surface area contributed by atoms with Crippen LogP contribution in [-0.2, 0) is 9.53 Å². The molecule has 2 aromatic carbocycles. The van der Waals surface area contributed by atoms with Crippen LogP contribution in [0.25, 0.3) is 6.08 Å². The molecule has 1 aliphatic rings. The first kappa shape index (κ1) is 27.2. The maximum Gasteiger partial charge on any atom is 0.338 e. The van der Waals surface area contributed by atoms with Crippen LogP contribution in [0.5, 0.6) is 17.2 Å². The van der Waals surface area contributed by atoms with Crippen molar-refractivity contribution in [1.29, 1.82) is 0 Å². The topological polar surface area (TPSA) is 88.4 Å². The van der Waals surface area contributed by atoms with Crippen LogP contribution >= 0.6 is 11.3 Å². The summed E-state index contributed by atoms with van der Waals surface area (Å²) in [5.41, 5.74) is 2.16. The molecule has 38 heavy (non-hydrogen) atoms. The number of rotatable bonds is 9. The molecule has 0 amide bonds. The molecule has 0 fully saturated rings. The second-order valence-electron chi connectivity index (χ2n) is 8.88. The van der Waals surface area contributed by atoms with Gasteiger partial charge in [-0.2, -0.15) is 0 Å². The molecule has 9 heteroatoms. The fourth-order valence-electron chi connectivity index (χ4n) is 4.31. The van der Waals surface area contributed by atoms with Crippen LogP contribution in [0.1, 0.15) is 51.8 Å². The third-order valence-corrected chi connectivity index (χ3v) is 6.85. The van der Waals surface area contributed by atoms with E-state index in [9.17, 15) is 9.59 Å². The standard InChI is InChI=1S/C29H32N2O6S/c1-7-35-23-15-19(9-14-22(23)34-6)16-24-27(32)31-26(20-10-12-21(13-11-20)37-17(3)4)25(28(33)36-8-2)18(5)30-29(31)38-24/h9-17,26H,7-8H2,1-6H3/b24-16+. The molecule has 8 nitrogen and oxygen atoms in total. The average Bonchev–Trinajstić information content (AvgIpc) is 3.18. The van der Waals surface area contributed by atoms with E-state index in [1.54, 1.807) is 37.7 Å². The van der Waals surface area contributed by atoms with Crippen molar-refractivity contribution in [1.82, 2.24) is 4.57 Å². The summed E-state index contributed by atoms with van der Waals surface area (Å²) in [5.74, 6) is 1.43. The van der Waals surface area contributed by atoms with Gasteiger partial charge >= 0.3 is 5.97 Å². The number of hydrogen-bond acceptors (Lipinski definition) is 8. The quantitative estimate of drug-likeness (QED) is 0.384. The van der Waals surface area contributed by atoms with Crippen LogP contribution < -0.4 is 29.1 Å². The zero-order chi connectivity index (χ0) is 27.4. The molecule has 0 aliphatic carbocycles. The zero-order valence-electron chi connectivity index (χ0n) is 22.4. The summed E-state index contributed by atoms with van der Waals surface area (Å²) in [6, 6.07) is 12.2. The molecule has 0 saturated carbocycles. The lowest BCUT2D eigenvalue weighted by molar-refractivity contribution is -0.139. The summed E-state index contributed by atoms with van der Waals surface area (Å²) >= 11 is 1.27. The van der Waals surface area contributed by atoms with Gasteiger partial charge in [0.2, 0.25) is 0 Å². The minimum atomic E-state index is -0.685. The number of thiazole rings is 1. The van der Waals surface area contributed by atoms with Gasteiger partial charge in [0.15, 0.2) is 16.3 Å². The van der Waals surface area contributed by atoms with Crippen LogP contribution in [0.4, 0.5) is 0 Å². The molecule has 200 valence electrons. The van der Waals surface area contributed by atoms with E-state index in [2.05, 4.69) is 4.99 Å². The minimum absolute atomic E-state index is 0.0250. The van der Waals surface area contributed by atoms with Gasteiger partial charge in [0.25, 0.3) is 5.56 Å². The number of carbonyl (C=O) groups is 1. The molecular formula is C29H32N2O6S. The number of esters is 1. The zero-order valence-corrected chi connectivity index (χ0v) is 23.3. The molecule has 0 radical (unpaired) electrons. The minimum Gasteiger partial charge on any atom is -0.493 e. The number of carbonyl (C=O) groups excluding carboxylic acids is 1. The number of allylic oxidation sites excluding steroid dienone is 1. The number of nitrogens with zero attached hydrogens (tertiary/aromatic N) is 2. The molecular weight excluding hydrogens is 504 g/mol. The number of ether oxygens (including phenoxy) is 4. The van der Waals surface area contributed by atoms with E-state index in [0.29, 0.717) is 44.5 Å². The Labute approximate surface area is 225 Å². The maximum atomic E-state index is 13.8. The van der Waals surface area contributed by atoms with Gasteiger partial charge in [-0.1, -0.05) is 29.5 Å². The van der Waals surface area contributed by atoms with Gasteiger partial charge in [-0.05, 0) is 76.1 Å². The SMILES string of the molecule is CCOC(=O)C1=C(C)N=c2s/c(=C/c3ccc(OC)c(OCC)c3)c(=O)n2C1c1ccc(OC(C)C)cc1. The fraction of sp³-hybridized carbons (Fsp3) is 0.345. The van der Waals surface area contributed by atoms with Crippen molar-refractivity contribution in [3.63, 3.8) is 0 Å². The first-order valence-corrected chi connectivity index (χ1v) is 13.4. The number of benzene rings is 2. The van der Waals surface area contributed by atoms with Crippen LogP contribution in [0, 0.1) is 0 Å². The van der Waals surface area contributed by atoms with E-state index in [-0.39, 0.29) is 18.3 Å². The molecule has 1 unspecified atom stereocenters. The Morgan fingerprint density at radius 1 is 1.11 bits per heavy atom. The van der Waals surface area contributed by atoms with E-state index >= 15 is 0 Å². The third-order valence-electron chi connectivity index (χ3n) is 5.87. The second kappa shape index (κ2) is 11.7. The van der Waals surface area contributed by atoms with Gasteiger partial charge in [-0.25, -0.2) is 9.79 Å². The maximum absolute atomic E-state index is 13.8. The fourth-order valence-corrected chi connectivity index (χ4v) is 5.36. The smallest absolute Gasteiger partial charge is 0.338 e. The van der Waals surface area contributed by atoms with Crippen LogP contribution in [0.15, 0.2) is 63.5 Å². The van der Waals surface area contributed by atoms with Crippen molar-refractivity contribution < 1.29 is 23.7 Å². The third kappa shape index (κ3) is 5.52. The van der Waals surface area contributed by atoms with Crippen molar-refractivity contribution in [3.05, 3.63) is 84.5 Å². The second-order valence-corrected chi connectivity index (χ2v) is 9.89. The molecule has 0 saturated heterocycles. The molecule has 0 N–H and O–H groups in total. The molecule has 1 atom stereocenters. The van der Waals surface area contributed by atoms with Crippen molar-refractivity contribution in [3.8, 4) is 17.2 Å². The van der Waals surface area contributed by atoms with Crippen LogP contribution in [-0.4, -0.2) is 37.0 Å². The Kier molecular flexibility index (Phi) is 8.36. The summed E-state index contributed by atoms with van der Waals surface area (Å²) in [6.45, 7) is 10.0. The Bertz CT molecular complexity index is 1530. The van der Waals surface area contributed by atoms with Gasteiger partial charge in [-0.15, -0.1) is 0 Å². The van der Waals surface area contributed by atoms with E-state index in [0.717, 1.165) is 11.1 Å². The van der Waals surface area contributed by atoms with Crippen molar-refractivity contribution in [2.24, 2.45) is 4.99 Å². The number of fused-ring (bicyclic) bond motifs is 1. The Balaban J connectivity index is 1.87. The highest BCUT2D eigenvalue weighted by molar-refractivity contribution is 7.07. The van der Waals surface area contributed by atoms with E-state index < -0.39 is 12.0 Å². The normalized spacial score (nSPS) is 15.2.